The summed E-state index contributed by atoms with van der Waals surface area (Å²) in [5, 5.41) is 3.54. The SMILES string of the molecule is CC(C)CC1(CNC(=O)c2cc(Cl)nc(Cl)c2)CCCC1. The van der Waals surface area contributed by atoms with Crippen molar-refractivity contribution in [3.05, 3.63) is 28.0 Å². The fraction of sp³-hybridized carbons (Fsp3) is 0.625. The molecule has 1 aliphatic carbocycles. The summed E-state index contributed by atoms with van der Waals surface area (Å²) in [5.74, 6) is 0.515. The number of aromatic nitrogens is 1. The molecule has 0 aliphatic heterocycles. The van der Waals surface area contributed by atoms with Crippen LogP contribution in [0.2, 0.25) is 10.3 Å². The van der Waals surface area contributed by atoms with E-state index in [2.05, 4.69) is 24.1 Å². The summed E-state index contributed by atoms with van der Waals surface area (Å²) >= 11 is 11.7. The lowest BCUT2D eigenvalue weighted by molar-refractivity contribution is 0.0921. The molecular weight excluding hydrogens is 307 g/mol. The number of pyridine rings is 1. The number of rotatable bonds is 5. The van der Waals surface area contributed by atoms with Crippen LogP contribution in [0.25, 0.3) is 0 Å². The first kappa shape index (κ1) is 16.6. The van der Waals surface area contributed by atoms with Gasteiger partial charge in [-0.3, -0.25) is 4.79 Å². The molecular formula is C16H22Cl2N2O. The lowest BCUT2D eigenvalue weighted by Crippen LogP contribution is -2.36. The number of carbonyl (C=O) groups excluding carboxylic acids is 1. The molecule has 3 nitrogen and oxygen atoms in total. The molecule has 1 aromatic heterocycles. The number of hydrogen-bond acceptors (Lipinski definition) is 2. The Kier molecular flexibility index (Phi) is 5.50. The maximum absolute atomic E-state index is 12.3. The van der Waals surface area contributed by atoms with Crippen molar-refractivity contribution in [1.82, 2.24) is 10.3 Å². The Hall–Kier alpha value is -0.800. The van der Waals surface area contributed by atoms with Crippen LogP contribution in [-0.2, 0) is 0 Å². The van der Waals surface area contributed by atoms with Crippen LogP contribution in [0.15, 0.2) is 12.1 Å². The van der Waals surface area contributed by atoms with Crippen LogP contribution < -0.4 is 5.32 Å². The van der Waals surface area contributed by atoms with E-state index in [9.17, 15) is 4.79 Å². The highest BCUT2D eigenvalue weighted by Crippen LogP contribution is 2.42. The molecule has 21 heavy (non-hydrogen) atoms. The second-order valence-corrected chi connectivity index (χ2v) is 7.26. The van der Waals surface area contributed by atoms with Crippen LogP contribution in [0.5, 0.6) is 0 Å². The van der Waals surface area contributed by atoms with Gasteiger partial charge in [0.25, 0.3) is 5.91 Å². The van der Waals surface area contributed by atoms with E-state index < -0.39 is 0 Å². The lowest BCUT2D eigenvalue weighted by atomic mass is 9.78. The van der Waals surface area contributed by atoms with Crippen molar-refractivity contribution in [3.8, 4) is 0 Å². The normalized spacial score (nSPS) is 17.2. The second kappa shape index (κ2) is 6.97. The smallest absolute Gasteiger partial charge is 0.251 e. The van der Waals surface area contributed by atoms with E-state index in [1.54, 1.807) is 12.1 Å². The van der Waals surface area contributed by atoms with E-state index in [0.29, 0.717) is 11.5 Å². The van der Waals surface area contributed by atoms with E-state index in [4.69, 9.17) is 23.2 Å². The van der Waals surface area contributed by atoms with Crippen LogP contribution in [0.1, 0.15) is 56.3 Å². The maximum Gasteiger partial charge on any atom is 0.251 e. The molecule has 1 fully saturated rings. The monoisotopic (exact) mass is 328 g/mol. The Morgan fingerprint density at radius 3 is 2.38 bits per heavy atom. The molecule has 1 N–H and O–H groups in total. The average molecular weight is 329 g/mol. The van der Waals surface area contributed by atoms with Gasteiger partial charge in [0.2, 0.25) is 0 Å². The van der Waals surface area contributed by atoms with Crippen molar-refractivity contribution in [2.45, 2.75) is 46.0 Å². The number of nitrogens with zero attached hydrogens (tertiary/aromatic N) is 1. The van der Waals surface area contributed by atoms with Crippen LogP contribution in [0.3, 0.4) is 0 Å². The molecule has 0 radical (unpaired) electrons. The molecule has 0 atom stereocenters. The second-order valence-electron chi connectivity index (χ2n) is 6.49. The standard InChI is InChI=1S/C16H22Cl2N2O/c1-11(2)9-16(5-3-4-6-16)10-19-15(21)12-7-13(17)20-14(18)8-12/h7-8,11H,3-6,9-10H2,1-2H3,(H,19,21). The summed E-state index contributed by atoms with van der Waals surface area (Å²) in [7, 11) is 0. The van der Waals surface area contributed by atoms with Gasteiger partial charge in [0.1, 0.15) is 10.3 Å². The molecule has 1 heterocycles. The Balaban J connectivity index is 2.01. The van der Waals surface area contributed by atoms with Crippen LogP contribution in [0.4, 0.5) is 0 Å². The highest BCUT2D eigenvalue weighted by Gasteiger charge is 2.34. The summed E-state index contributed by atoms with van der Waals surface area (Å²) in [4.78, 5) is 16.1. The topological polar surface area (TPSA) is 42.0 Å². The Morgan fingerprint density at radius 2 is 1.86 bits per heavy atom. The van der Waals surface area contributed by atoms with Crippen LogP contribution in [0, 0.1) is 11.3 Å². The fourth-order valence-electron chi connectivity index (χ4n) is 3.41. The molecule has 1 saturated carbocycles. The first-order valence-electron chi connectivity index (χ1n) is 7.51. The minimum Gasteiger partial charge on any atom is -0.351 e. The summed E-state index contributed by atoms with van der Waals surface area (Å²) in [5.41, 5.74) is 0.724. The lowest BCUT2D eigenvalue weighted by Gasteiger charge is -2.31. The average Bonchev–Trinajstić information content (AvgIpc) is 2.83. The van der Waals surface area contributed by atoms with E-state index >= 15 is 0 Å². The maximum atomic E-state index is 12.3. The number of halogens is 2. The van der Waals surface area contributed by atoms with E-state index in [0.717, 1.165) is 13.0 Å². The van der Waals surface area contributed by atoms with Gasteiger partial charge in [-0.15, -0.1) is 0 Å². The summed E-state index contributed by atoms with van der Waals surface area (Å²) in [6.45, 7) is 5.20. The van der Waals surface area contributed by atoms with Crippen molar-refractivity contribution >= 4 is 29.1 Å². The predicted molar refractivity (Wildman–Crippen MR) is 86.9 cm³/mol. The quantitative estimate of drug-likeness (QED) is 0.794. The number of nitrogens with one attached hydrogen (secondary N) is 1. The molecule has 0 aromatic carbocycles. The Morgan fingerprint density at radius 1 is 1.29 bits per heavy atom. The van der Waals surface area contributed by atoms with Crippen molar-refractivity contribution in [1.29, 1.82) is 0 Å². The van der Waals surface area contributed by atoms with Gasteiger partial charge >= 0.3 is 0 Å². The Labute approximate surface area is 136 Å². The van der Waals surface area contributed by atoms with Crippen molar-refractivity contribution in [3.63, 3.8) is 0 Å². The molecule has 2 rings (SSSR count). The third kappa shape index (κ3) is 4.58. The first-order chi connectivity index (χ1) is 9.90. The molecule has 1 amide bonds. The highest BCUT2D eigenvalue weighted by atomic mass is 35.5. The van der Waals surface area contributed by atoms with Gasteiger partial charge in [-0.1, -0.05) is 49.9 Å². The third-order valence-electron chi connectivity index (χ3n) is 4.15. The molecule has 1 aliphatic rings. The number of amides is 1. The van der Waals surface area contributed by atoms with Crippen molar-refractivity contribution in [2.75, 3.05) is 6.54 Å². The van der Waals surface area contributed by atoms with Gasteiger partial charge in [-0.05, 0) is 42.7 Å². The first-order valence-corrected chi connectivity index (χ1v) is 8.27. The third-order valence-corrected chi connectivity index (χ3v) is 4.54. The van der Waals surface area contributed by atoms with Gasteiger partial charge in [-0.2, -0.15) is 0 Å². The van der Waals surface area contributed by atoms with Gasteiger partial charge in [0.05, 0.1) is 0 Å². The van der Waals surface area contributed by atoms with E-state index in [1.807, 2.05) is 0 Å². The number of carbonyl (C=O) groups is 1. The molecule has 116 valence electrons. The van der Waals surface area contributed by atoms with Gasteiger partial charge in [-0.25, -0.2) is 4.98 Å². The summed E-state index contributed by atoms with van der Waals surface area (Å²) < 4.78 is 0. The largest absolute Gasteiger partial charge is 0.351 e. The minimum absolute atomic E-state index is 0.128. The van der Waals surface area contributed by atoms with Gasteiger partial charge < -0.3 is 5.32 Å². The molecule has 1 aromatic rings. The van der Waals surface area contributed by atoms with E-state index in [1.165, 1.54) is 25.7 Å². The number of hydrogen-bond donors (Lipinski definition) is 1. The zero-order valence-electron chi connectivity index (χ0n) is 12.6. The molecule has 0 spiro atoms. The van der Waals surface area contributed by atoms with Gasteiger partial charge in [0.15, 0.2) is 0 Å². The molecule has 0 bridgehead atoms. The summed E-state index contributed by atoms with van der Waals surface area (Å²) in [6, 6.07) is 3.10. The molecule has 5 heteroatoms. The fourth-order valence-corrected chi connectivity index (χ4v) is 3.87. The van der Waals surface area contributed by atoms with Gasteiger partial charge in [0, 0.05) is 12.1 Å². The predicted octanol–water partition coefficient (Wildman–Crippen LogP) is 4.72. The van der Waals surface area contributed by atoms with Crippen molar-refractivity contribution in [2.24, 2.45) is 11.3 Å². The highest BCUT2D eigenvalue weighted by molar-refractivity contribution is 6.33. The minimum atomic E-state index is -0.128. The van der Waals surface area contributed by atoms with Crippen LogP contribution >= 0.6 is 23.2 Å². The Bertz CT molecular complexity index is 491. The zero-order valence-corrected chi connectivity index (χ0v) is 14.1. The van der Waals surface area contributed by atoms with E-state index in [-0.39, 0.29) is 21.6 Å². The van der Waals surface area contributed by atoms with Crippen molar-refractivity contribution < 1.29 is 4.79 Å². The zero-order chi connectivity index (χ0) is 15.5. The van der Waals surface area contributed by atoms with Crippen LogP contribution in [-0.4, -0.2) is 17.4 Å². The molecule has 0 saturated heterocycles. The summed E-state index contributed by atoms with van der Waals surface area (Å²) in [6.07, 6.45) is 6.07. The molecule has 0 unspecified atom stereocenters.